The number of benzene rings is 1. The van der Waals surface area contributed by atoms with Crippen LogP contribution in [0.2, 0.25) is 5.28 Å². The number of nitrogens with zero attached hydrogens (tertiary/aromatic N) is 2. The summed E-state index contributed by atoms with van der Waals surface area (Å²) < 4.78 is 0. The predicted octanol–water partition coefficient (Wildman–Crippen LogP) is 5.48. The molecular formula is C18H18ClN3S. The second-order valence-corrected chi connectivity index (χ2v) is 6.82. The van der Waals surface area contributed by atoms with Gasteiger partial charge in [-0.2, -0.15) is 0 Å². The van der Waals surface area contributed by atoms with E-state index in [-0.39, 0.29) is 5.28 Å². The lowest BCUT2D eigenvalue weighted by molar-refractivity contribution is 1.14. The topological polar surface area (TPSA) is 37.8 Å². The van der Waals surface area contributed by atoms with Gasteiger partial charge in [-0.05, 0) is 36.1 Å². The van der Waals surface area contributed by atoms with E-state index in [0.717, 1.165) is 22.5 Å². The van der Waals surface area contributed by atoms with Crippen molar-refractivity contribution < 1.29 is 0 Å². The first kappa shape index (κ1) is 16.0. The first-order valence-electron chi connectivity index (χ1n) is 7.54. The van der Waals surface area contributed by atoms with Crippen LogP contribution in [0.3, 0.4) is 0 Å². The first-order valence-corrected chi connectivity index (χ1v) is 8.74. The van der Waals surface area contributed by atoms with Crippen molar-refractivity contribution in [3.8, 4) is 11.1 Å². The summed E-state index contributed by atoms with van der Waals surface area (Å²) >= 11 is 7.71. The second kappa shape index (κ2) is 6.69. The van der Waals surface area contributed by atoms with Gasteiger partial charge in [0.15, 0.2) is 0 Å². The molecule has 2 heterocycles. The minimum Gasteiger partial charge on any atom is -0.366 e. The molecule has 0 amide bonds. The summed E-state index contributed by atoms with van der Waals surface area (Å²) in [6.07, 6.45) is 2.84. The van der Waals surface area contributed by atoms with E-state index in [1.165, 1.54) is 21.6 Å². The van der Waals surface area contributed by atoms with Crippen LogP contribution in [0.15, 0.2) is 36.9 Å². The number of nitrogens with one attached hydrogen (secondary N) is 1. The molecule has 0 aliphatic carbocycles. The highest BCUT2D eigenvalue weighted by Gasteiger charge is 2.17. The van der Waals surface area contributed by atoms with Crippen molar-refractivity contribution >= 4 is 39.0 Å². The lowest BCUT2D eigenvalue weighted by Gasteiger charge is -2.08. The SMILES string of the molecule is C=CCNc1nc(Cl)nc2sc(C)c(-c3ccc(CC)cc3)c12. The Morgan fingerprint density at radius 2 is 2.00 bits per heavy atom. The maximum atomic E-state index is 6.07. The van der Waals surface area contributed by atoms with Gasteiger partial charge in [-0.25, -0.2) is 9.97 Å². The Morgan fingerprint density at radius 3 is 2.65 bits per heavy atom. The molecule has 1 N–H and O–H groups in total. The number of halogens is 1. The molecule has 23 heavy (non-hydrogen) atoms. The van der Waals surface area contributed by atoms with Gasteiger partial charge in [0.2, 0.25) is 5.28 Å². The van der Waals surface area contributed by atoms with Crippen molar-refractivity contribution in [2.45, 2.75) is 20.3 Å². The summed E-state index contributed by atoms with van der Waals surface area (Å²) in [4.78, 5) is 10.9. The van der Waals surface area contributed by atoms with Crippen molar-refractivity contribution in [1.29, 1.82) is 0 Å². The summed E-state index contributed by atoms with van der Waals surface area (Å²) in [5.74, 6) is 0.763. The third kappa shape index (κ3) is 3.09. The zero-order valence-corrected chi connectivity index (χ0v) is 14.8. The Balaban J connectivity index is 2.22. The minimum absolute atomic E-state index is 0.262. The minimum atomic E-state index is 0.262. The number of rotatable bonds is 5. The van der Waals surface area contributed by atoms with Crippen LogP contribution >= 0.6 is 22.9 Å². The van der Waals surface area contributed by atoms with Gasteiger partial charge in [0.1, 0.15) is 10.6 Å². The average molecular weight is 344 g/mol. The fraction of sp³-hybridized carbons (Fsp3) is 0.222. The first-order chi connectivity index (χ1) is 11.1. The predicted molar refractivity (Wildman–Crippen MR) is 101 cm³/mol. The fourth-order valence-corrected chi connectivity index (χ4v) is 3.90. The molecule has 5 heteroatoms. The zero-order valence-electron chi connectivity index (χ0n) is 13.2. The van der Waals surface area contributed by atoms with Crippen LogP contribution in [-0.4, -0.2) is 16.5 Å². The highest BCUT2D eigenvalue weighted by molar-refractivity contribution is 7.19. The molecule has 0 spiro atoms. The largest absolute Gasteiger partial charge is 0.366 e. The molecule has 0 fully saturated rings. The molecule has 0 radical (unpaired) electrons. The Labute approximate surface area is 145 Å². The van der Waals surface area contributed by atoms with Gasteiger partial charge >= 0.3 is 0 Å². The van der Waals surface area contributed by atoms with Crippen molar-refractivity contribution in [2.24, 2.45) is 0 Å². The van der Waals surface area contributed by atoms with Gasteiger partial charge in [0.05, 0.1) is 5.39 Å². The smallest absolute Gasteiger partial charge is 0.225 e. The summed E-state index contributed by atoms with van der Waals surface area (Å²) in [5.41, 5.74) is 3.68. The average Bonchev–Trinajstić information content (AvgIpc) is 2.88. The van der Waals surface area contributed by atoms with Gasteiger partial charge in [0, 0.05) is 17.0 Å². The number of aryl methyl sites for hydroxylation is 2. The Kier molecular flexibility index (Phi) is 4.64. The van der Waals surface area contributed by atoms with Crippen LogP contribution in [0.1, 0.15) is 17.4 Å². The highest BCUT2D eigenvalue weighted by Crippen LogP contribution is 2.41. The molecule has 0 unspecified atom stereocenters. The summed E-state index contributed by atoms with van der Waals surface area (Å²) in [7, 11) is 0. The van der Waals surface area contributed by atoms with Gasteiger partial charge in [-0.15, -0.1) is 17.9 Å². The normalized spacial score (nSPS) is 10.9. The number of thiophene rings is 1. The number of hydrogen-bond acceptors (Lipinski definition) is 4. The van der Waals surface area contributed by atoms with E-state index in [9.17, 15) is 0 Å². The summed E-state index contributed by atoms with van der Waals surface area (Å²) in [5, 5.41) is 4.57. The molecule has 0 saturated heterocycles. The fourth-order valence-electron chi connectivity index (χ4n) is 2.64. The molecule has 0 aliphatic heterocycles. The lowest BCUT2D eigenvalue weighted by atomic mass is 10.0. The van der Waals surface area contributed by atoms with E-state index in [2.05, 4.69) is 60.0 Å². The number of hydrogen-bond donors (Lipinski definition) is 1. The summed E-state index contributed by atoms with van der Waals surface area (Å²) in [6, 6.07) is 8.68. The highest BCUT2D eigenvalue weighted by atomic mass is 35.5. The molecule has 3 rings (SSSR count). The standard InChI is InChI=1S/C18H18ClN3S/c1-4-10-20-16-15-14(13-8-6-12(5-2)7-9-13)11(3)23-17(15)22-18(19)21-16/h4,6-9H,1,5,10H2,2-3H3,(H,20,21,22). The quantitative estimate of drug-likeness (QED) is 0.492. The second-order valence-electron chi connectivity index (χ2n) is 5.27. The number of fused-ring (bicyclic) bond motifs is 1. The van der Waals surface area contributed by atoms with E-state index < -0.39 is 0 Å². The van der Waals surface area contributed by atoms with Crippen molar-refractivity contribution in [3.63, 3.8) is 0 Å². The Hall–Kier alpha value is -1.91. The molecule has 2 aromatic heterocycles. The van der Waals surface area contributed by atoms with Crippen LogP contribution in [0, 0.1) is 6.92 Å². The zero-order chi connectivity index (χ0) is 16.4. The molecule has 3 aromatic rings. The monoisotopic (exact) mass is 343 g/mol. The van der Waals surface area contributed by atoms with E-state index in [1.807, 2.05) is 0 Å². The van der Waals surface area contributed by atoms with E-state index in [0.29, 0.717) is 6.54 Å². The molecule has 3 nitrogen and oxygen atoms in total. The van der Waals surface area contributed by atoms with Crippen molar-refractivity contribution in [1.82, 2.24) is 9.97 Å². The van der Waals surface area contributed by atoms with Crippen LogP contribution in [0.25, 0.3) is 21.3 Å². The van der Waals surface area contributed by atoms with Crippen molar-refractivity contribution in [2.75, 3.05) is 11.9 Å². The van der Waals surface area contributed by atoms with Crippen LogP contribution < -0.4 is 5.32 Å². The number of aromatic nitrogens is 2. The van der Waals surface area contributed by atoms with Gasteiger partial charge in [-0.3, -0.25) is 0 Å². The molecule has 0 aliphatic rings. The van der Waals surface area contributed by atoms with Crippen LogP contribution in [0.4, 0.5) is 5.82 Å². The molecule has 0 saturated carbocycles. The van der Waals surface area contributed by atoms with E-state index in [1.54, 1.807) is 17.4 Å². The summed E-state index contributed by atoms with van der Waals surface area (Å²) in [6.45, 7) is 8.65. The van der Waals surface area contributed by atoms with Gasteiger partial charge in [0.25, 0.3) is 0 Å². The lowest BCUT2D eigenvalue weighted by Crippen LogP contribution is -2.02. The Morgan fingerprint density at radius 1 is 1.26 bits per heavy atom. The maximum Gasteiger partial charge on any atom is 0.225 e. The molecule has 0 bridgehead atoms. The van der Waals surface area contributed by atoms with E-state index in [4.69, 9.17) is 11.6 Å². The third-order valence-corrected chi connectivity index (χ3v) is 4.93. The van der Waals surface area contributed by atoms with Crippen molar-refractivity contribution in [3.05, 3.63) is 52.6 Å². The van der Waals surface area contributed by atoms with E-state index >= 15 is 0 Å². The molecule has 1 aromatic carbocycles. The Bertz CT molecular complexity index is 853. The molecule has 118 valence electrons. The van der Waals surface area contributed by atoms with Gasteiger partial charge in [-0.1, -0.05) is 37.3 Å². The molecule has 0 atom stereocenters. The number of anilines is 1. The van der Waals surface area contributed by atoms with Crippen LogP contribution in [0.5, 0.6) is 0 Å². The maximum absolute atomic E-state index is 6.07. The third-order valence-electron chi connectivity index (χ3n) is 3.77. The van der Waals surface area contributed by atoms with Gasteiger partial charge < -0.3 is 5.32 Å². The molecular weight excluding hydrogens is 326 g/mol. The van der Waals surface area contributed by atoms with Crippen LogP contribution in [-0.2, 0) is 6.42 Å².